The first-order valence-corrected chi connectivity index (χ1v) is 8.26. The molecule has 1 aliphatic heterocycles. The lowest BCUT2D eigenvalue weighted by Crippen LogP contribution is -2.58. The van der Waals surface area contributed by atoms with Gasteiger partial charge < -0.3 is 15.6 Å². The van der Waals surface area contributed by atoms with Gasteiger partial charge in [0.25, 0.3) is 0 Å². The van der Waals surface area contributed by atoms with Gasteiger partial charge in [0.2, 0.25) is 0 Å². The maximum atomic E-state index is 11.2. The summed E-state index contributed by atoms with van der Waals surface area (Å²) in [5.74, 6) is 0.753. The SMILES string of the molecule is CC1CC(O)(C2(CN)CCC(C(C)(C)C)CC2)CCO1. The summed E-state index contributed by atoms with van der Waals surface area (Å²) in [6.45, 7) is 10.3. The zero-order valence-electron chi connectivity index (χ0n) is 13.7. The van der Waals surface area contributed by atoms with Gasteiger partial charge in [-0.2, -0.15) is 0 Å². The zero-order valence-corrected chi connectivity index (χ0v) is 13.7. The maximum absolute atomic E-state index is 11.2. The smallest absolute Gasteiger partial charge is 0.0762 e. The standard InChI is InChI=1S/C17H33NO2/c1-13-11-17(19,9-10-20-13)16(12-18)7-5-14(6-8-16)15(2,3)4/h13-14,19H,5-12,18H2,1-4H3. The van der Waals surface area contributed by atoms with Gasteiger partial charge in [-0.3, -0.25) is 0 Å². The first-order valence-electron chi connectivity index (χ1n) is 8.26. The molecule has 1 saturated heterocycles. The second-order valence-corrected chi connectivity index (χ2v) is 8.29. The van der Waals surface area contributed by atoms with E-state index >= 15 is 0 Å². The fourth-order valence-electron chi connectivity index (χ4n) is 4.44. The van der Waals surface area contributed by atoms with Gasteiger partial charge in [0, 0.05) is 31.4 Å². The van der Waals surface area contributed by atoms with Crippen molar-refractivity contribution in [3.63, 3.8) is 0 Å². The van der Waals surface area contributed by atoms with E-state index in [1.807, 2.05) is 0 Å². The Labute approximate surface area is 124 Å². The van der Waals surface area contributed by atoms with Crippen LogP contribution in [0.25, 0.3) is 0 Å². The average Bonchev–Trinajstić information content (AvgIpc) is 2.37. The molecule has 1 saturated carbocycles. The highest BCUT2D eigenvalue weighted by atomic mass is 16.5. The Kier molecular flexibility index (Phi) is 4.54. The number of hydrogen-bond donors (Lipinski definition) is 2. The van der Waals surface area contributed by atoms with E-state index in [1.165, 1.54) is 12.8 Å². The van der Waals surface area contributed by atoms with E-state index in [-0.39, 0.29) is 11.5 Å². The summed E-state index contributed by atoms with van der Waals surface area (Å²) in [5.41, 5.74) is 5.81. The quantitative estimate of drug-likeness (QED) is 0.819. The monoisotopic (exact) mass is 283 g/mol. The second kappa shape index (κ2) is 5.58. The van der Waals surface area contributed by atoms with E-state index in [0.29, 0.717) is 18.6 Å². The van der Waals surface area contributed by atoms with Crippen molar-refractivity contribution in [2.75, 3.05) is 13.2 Å². The van der Waals surface area contributed by atoms with E-state index in [1.54, 1.807) is 0 Å². The van der Waals surface area contributed by atoms with Crippen molar-refractivity contribution in [3.05, 3.63) is 0 Å². The van der Waals surface area contributed by atoms with Crippen molar-refractivity contribution < 1.29 is 9.84 Å². The fourth-order valence-corrected chi connectivity index (χ4v) is 4.44. The summed E-state index contributed by atoms with van der Waals surface area (Å²) in [6, 6.07) is 0. The molecule has 2 fully saturated rings. The molecule has 2 rings (SSSR count). The molecule has 1 aliphatic carbocycles. The average molecular weight is 283 g/mol. The zero-order chi connectivity index (χ0) is 15.0. The van der Waals surface area contributed by atoms with Gasteiger partial charge in [0.1, 0.15) is 0 Å². The summed E-state index contributed by atoms with van der Waals surface area (Å²) in [6.07, 6.45) is 6.15. The summed E-state index contributed by atoms with van der Waals surface area (Å²) < 4.78 is 5.63. The number of aliphatic hydroxyl groups is 1. The summed E-state index contributed by atoms with van der Waals surface area (Å²) in [5, 5.41) is 11.2. The van der Waals surface area contributed by atoms with Gasteiger partial charge in [0.15, 0.2) is 0 Å². The molecule has 118 valence electrons. The molecule has 0 aromatic carbocycles. The largest absolute Gasteiger partial charge is 0.389 e. The van der Waals surface area contributed by atoms with E-state index in [4.69, 9.17) is 10.5 Å². The highest BCUT2D eigenvalue weighted by Gasteiger charge is 2.53. The Morgan fingerprint density at radius 2 is 1.80 bits per heavy atom. The van der Waals surface area contributed by atoms with Crippen LogP contribution >= 0.6 is 0 Å². The molecule has 3 N–H and O–H groups in total. The molecule has 0 amide bonds. The minimum atomic E-state index is -0.623. The summed E-state index contributed by atoms with van der Waals surface area (Å²) >= 11 is 0. The maximum Gasteiger partial charge on any atom is 0.0762 e. The molecule has 2 unspecified atom stereocenters. The summed E-state index contributed by atoms with van der Waals surface area (Å²) in [7, 11) is 0. The number of rotatable bonds is 2. The molecule has 0 aromatic rings. The second-order valence-electron chi connectivity index (χ2n) is 8.29. The number of hydrogen-bond acceptors (Lipinski definition) is 3. The van der Waals surface area contributed by atoms with Crippen LogP contribution < -0.4 is 5.73 Å². The Morgan fingerprint density at radius 1 is 1.20 bits per heavy atom. The molecular formula is C17H33NO2. The van der Waals surface area contributed by atoms with Gasteiger partial charge in [-0.1, -0.05) is 20.8 Å². The van der Waals surface area contributed by atoms with Gasteiger partial charge >= 0.3 is 0 Å². The third-order valence-corrected chi connectivity index (χ3v) is 6.09. The highest BCUT2D eigenvalue weighted by Crippen LogP contribution is 2.53. The molecule has 0 bridgehead atoms. The minimum Gasteiger partial charge on any atom is -0.389 e. The van der Waals surface area contributed by atoms with Crippen LogP contribution in [0.1, 0.15) is 66.2 Å². The fraction of sp³-hybridized carbons (Fsp3) is 1.00. The van der Waals surface area contributed by atoms with Crippen LogP contribution in [-0.2, 0) is 4.74 Å². The molecule has 2 aliphatic rings. The molecule has 0 aromatic heterocycles. The van der Waals surface area contributed by atoms with Crippen LogP contribution in [0.15, 0.2) is 0 Å². The van der Waals surface area contributed by atoms with Crippen molar-refractivity contribution in [1.82, 2.24) is 0 Å². The lowest BCUT2D eigenvalue weighted by Gasteiger charge is -2.54. The molecule has 0 spiro atoms. The molecule has 0 radical (unpaired) electrons. The lowest BCUT2D eigenvalue weighted by atomic mass is 9.56. The molecule has 1 heterocycles. The van der Waals surface area contributed by atoms with E-state index < -0.39 is 5.60 Å². The number of nitrogens with two attached hydrogens (primary N) is 1. The Balaban J connectivity index is 2.12. The normalized spacial score (nSPS) is 43.5. The van der Waals surface area contributed by atoms with Crippen LogP contribution in [0.4, 0.5) is 0 Å². The Morgan fingerprint density at radius 3 is 2.25 bits per heavy atom. The highest BCUT2D eigenvalue weighted by molar-refractivity contribution is 5.04. The van der Waals surface area contributed by atoms with Gasteiger partial charge in [-0.15, -0.1) is 0 Å². The first-order chi connectivity index (χ1) is 9.22. The van der Waals surface area contributed by atoms with Crippen LogP contribution in [0.3, 0.4) is 0 Å². The predicted molar refractivity (Wildman–Crippen MR) is 82.5 cm³/mol. The van der Waals surface area contributed by atoms with Crippen LogP contribution in [-0.4, -0.2) is 30.0 Å². The molecular weight excluding hydrogens is 250 g/mol. The van der Waals surface area contributed by atoms with Crippen LogP contribution in [0.5, 0.6) is 0 Å². The number of ether oxygens (including phenoxy) is 1. The van der Waals surface area contributed by atoms with Gasteiger partial charge in [-0.25, -0.2) is 0 Å². The Bertz CT molecular complexity index is 328. The van der Waals surface area contributed by atoms with Crippen molar-refractivity contribution in [1.29, 1.82) is 0 Å². The van der Waals surface area contributed by atoms with Gasteiger partial charge in [0.05, 0.1) is 11.7 Å². The lowest BCUT2D eigenvalue weighted by molar-refractivity contribution is -0.177. The van der Waals surface area contributed by atoms with E-state index in [2.05, 4.69) is 27.7 Å². The topological polar surface area (TPSA) is 55.5 Å². The van der Waals surface area contributed by atoms with Crippen molar-refractivity contribution in [3.8, 4) is 0 Å². The molecule has 20 heavy (non-hydrogen) atoms. The van der Waals surface area contributed by atoms with Gasteiger partial charge in [-0.05, 0) is 43.9 Å². The van der Waals surface area contributed by atoms with E-state index in [9.17, 15) is 5.11 Å². The Hall–Kier alpha value is -0.120. The molecule has 3 nitrogen and oxygen atoms in total. The molecule has 3 heteroatoms. The van der Waals surface area contributed by atoms with Crippen molar-refractivity contribution in [2.45, 2.75) is 77.9 Å². The third kappa shape index (κ3) is 2.90. The van der Waals surface area contributed by atoms with Crippen molar-refractivity contribution >= 4 is 0 Å². The van der Waals surface area contributed by atoms with Crippen molar-refractivity contribution in [2.24, 2.45) is 22.5 Å². The first kappa shape index (κ1) is 16.3. The van der Waals surface area contributed by atoms with E-state index in [0.717, 1.165) is 31.6 Å². The predicted octanol–water partition coefficient (Wildman–Crippen LogP) is 3.10. The van der Waals surface area contributed by atoms with Crippen LogP contribution in [0, 0.1) is 16.7 Å². The summed E-state index contributed by atoms with van der Waals surface area (Å²) in [4.78, 5) is 0. The third-order valence-electron chi connectivity index (χ3n) is 6.09. The molecule has 2 atom stereocenters. The minimum absolute atomic E-state index is 0.0905. The van der Waals surface area contributed by atoms with Crippen LogP contribution in [0.2, 0.25) is 0 Å².